The van der Waals surface area contributed by atoms with Crippen LogP contribution < -0.4 is 10.2 Å². The highest BCUT2D eigenvalue weighted by molar-refractivity contribution is 5.61. The van der Waals surface area contributed by atoms with Crippen molar-refractivity contribution in [1.82, 2.24) is 24.8 Å². The molecule has 5 rings (SSSR count). The average molecular weight is 576 g/mol. The van der Waals surface area contributed by atoms with E-state index in [0.29, 0.717) is 23.8 Å². The van der Waals surface area contributed by atoms with Gasteiger partial charge in [0.05, 0.1) is 11.3 Å². The van der Waals surface area contributed by atoms with Gasteiger partial charge in [-0.15, -0.1) is 0 Å². The summed E-state index contributed by atoms with van der Waals surface area (Å²) in [6.45, 7) is 8.55. The lowest BCUT2D eigenvalue weighted by Gasteiger charge is -2.33. The van der Waals surface area contributed by atoms with Crippen LogP contribution in [0.1, 0.15) is 23.2 Å². The first kappa shape index (κ1) is 29.5. The number of alkyl halides is 3. The Morgan fingerprint density at radius 2 is 1.57 bits per heavy atom. The number of piperazine rings is 1. The fourth-order valence-electron chi connectivity index (χ4n) is 5.00. The van der Waals surface area contributed by atoms with Crippen LogP contribution in [0.15, 0.2) is 79.1 Å². The monoisotopic (exact) mass is 575 g/mol. The minimum Gasteiger partial charge on any atom is -0.355 e. The zero-order valence-corrected chi connectivity index (χ0v) is 24.0. The van der Waals surface area contributed by atoms with Crippen molar-refractivity contribution in [3.63, 3.8) is 0 Å². The molecule has 1 saturated heterocycles. The molecule has 1 N–H and O–H groups in total. The molecule has 2 aromatic carbocycles. The highest BCUT2D eigenvalue weighted by Crippen LogP contribution is 2.31. The summed E-state index contributed by atoms with van der Waals surface area (Å²) in [6, 6.07) is 19.0. The third-order valence-electron chi connectivity index (χ3n) is 7.44. The number of nitrogens with zero attached hydrogens (tertiary/aromatic N) is 6. The summed E-state index contributed by atoms with van der Waals surface area (Å²) in [7, 11) is 2.15. The number of aromatic nitrogens is 3. The van der Waals surface area contributed by atoms with Gasteiger partial charge in [-0.3, -0.25) is 4.98 Å². The predicted molar refractivity (Wildman–Crippen MR) is 161 cm³/mol. The van der Waals surface area contributed by atoms with Crippen molar-refractivity contribution in [2.75, 3.05) is 56.5 Å². The molecule has 0 spiro atoms. The number of likely N-dealkylation sites (N-methyl/N-ethyl adjacent to an activating group) is 1. The number of anilines is 3. The summed E-state index contributed by atoms with van der Waals surface area (Å²) in [6.07, 6.45) is 0.0221. The molecule has 0 radical (unpaired) electrons. The number of hydrogen-bond donors (Lipinski definition) is 1. The third kappa shape index (κ3) is 8.04. The van der Waals surface area contributed by atoms with Gasteiger partial charge in [-0.25, -0.2) is 9.97 Å². The fourth-order valence-corrected chi connectivity index (χ4v) is 5.00. The van der Waals surface area contributed by atoms with Gasteiger partial charge in [-0.2, -0.15) is 13.2 Å². The maximum absolute atomic E-state index is 13.1. The van der Waals surface area contributed by atoms with Gasteiger partial charge in [0, 0.05) is 74.3 Å². The second kappa shape index (κ2) is 13.3. The quantitative estimate of drug-likeness (QED) is 0.240. The lowest BCUT2D eigenvalue weighted by atomic mass is 10.1. The van der Waals surface area contributed by atoms with Crippen LogP contribution in [0.5, 0.6) is 0 Å². The van der Waals surface area contributed by atoms with Crippen molar-refractivity contribution < 1.29 is 13.2 Å². The SMILES string of the molecule is Cc1cc(Nc2ccc(CN(CCCN3CCN(C)CC3)c3nccc(-c4ccc(C(F)(F)F)cc4)n3)cc2)ccn1. The van der Waals surface area contributed by atoms with E-state index in [1.54, 1.807) is 18.5 Å². The van der Waals surface area contributed by atoms with Gasteiger partial charge < -0.3 is 20.0 Å². The van der Waals surface area contributed by atoms with Crippen LogP contribution in [0.2, 0.25) is 0 Å². The molecule has 10 heteroatoms. The molecule has 1 fully saturated rings. The molecule has 0 amide bonds. The van der Waals surface area contributed by atoms with E-state index in [1.165, 1.54) is 12.1 Å². The largest absolute Gasteiger partial charge is 0.416 e. The zero-order chi connectivity index (χ0) is 29.5. The molecule has 1 aliphatic rings. The van der Waals surface area contributed by atoms with Gasteiger partial charge in [0.25, 0.3) is 0 Å². The molecule has 0 saturated carbocycles. The molecule has 1 aliphatic heterocycles. The average Bonchev–Trinajstić information content (AvgIpc) is 2.98. The van der Waals surface area contributed by atoms with Crippen LogP contribution in [0.25, 0.3) is 11.3 Å². The molecule has 3 heterocycles. The van der Waals surface area contributed by atoms with E-state index in [0.717, 1.165) is 80.5 Å². The second-order valence-corrected chi connectivity index (χ2v) is 10.7. The van der Waals surface area contributed by atoms with Crippen molar-refractivity contribution in [2.24, 2.45) is 0 Å². The molecule has 42 heavy (non-hydrogen) atoms. The first-order valence-corrected chi connectivity index (χ1v) is 14.2. The van der Waals surface area contributed by atoms with E-state index in [4.69, 9.17) is 4.98 Å². The third-order valence-corrected chi connectivity index (χ3v) is 7.44. The number of aryl methyl sites for hydroxylation is 1. The molecule has 0 bridgehead atoms. The van der Waals surface area contributed by atoms with Gasteiger partial charge in [0.1, 0.15) is 0 Å². The molecule has 0 aliphatic carbocycles. The minimum atomic E-state index is -4.38. The van der Waals surface area contributed by atoms with Crippen molar-refractivity contribution >= 4 is 17.3 Å². The Kier molecular flexibility index (Phi) is 9.34. The van der Waals surface area contributed by atoms with E-state index in [-0.39, 0.29) is 0 Å². The molecular formula is C32H36F3N7. The van der Waals surface area contributed by atoms with E-state index in [1.807, 2.05) is 31.2 Å². The van der Waals surface area contributed by atoms with E-state index >= 15 is 0 Å². The molecule has 7 nitrogen and oxygen atoms in total. The Labute approximate surface area is 245 Å². The van der Waals surface area contributed by atoms with Crippen LogP contribution in [0, 0.1) is 6.92 Å². The summed E-state index contributed by atoms with van der Waals surface area (Å²) in [5.74, 6) is 0.556. The van der Waals surface area contributed by atoms with E-state index in [2.05, 4.69) is 49.2 Å². The van der Waals surface area contributed by atoms with E-state index in [9.17, 15) is 13.2 Å². The zero-order valence-electron chi connectivity index (χ0n) is 24.0. The summed E-state index contributed by atoms with van der Waals surface area (Å²) in [5.41, 5.74) is 4.54. The molecular weight excluding hydrogens is 539 g/mol. The Bertz CT molecular complexity index is 1430. The smallest absolute Gasteiger partial charge is 0.355 e. The van der Waals surface area contributed by atoms with Crippen LogP contribution in [-0.4, -0.2) is 71.1 Å². The maximum atomic E-state index is 13.1. The Balaban J connectivity index is 1.32. The van der Waals surface area contributed by atoms with Gasteiger partial charge in [0.2, 0.25) is 5.95 Å². The highest BCUT2D eigenvalue weighted by Gasteiger charge is 2.30. The molecule has 4 aromatic rings. The lowest BCUT2D eigenvalue weighted by molar-refractivity contribution is -0.137. The first-order valence-electron chi connectivity index (χ1n) is 14.2. The number of hydrogen-bond acceptors (Lipinski definition) is 7. The Morgan fingerprint density at radius 1 is 0.857 bits per heavy atom. The fraction of sp³-hybridized carbons (Fsp3) is 0.344. The molecule has 0 unspecified atom stereocenters. The summed E-state index contributed by atoms with van der Waals surface area (Å²) < 4.78 is 39.2. The lowest BCUT2D eigenvalue weighted by Crippen LogP contribution is -2.45. The van der Waals surface area contributed by atoms with Gasteiger partial charge in [-0.05, 0) is 75.0 Å². The van der Waals surface area contributed by atoms with Gasteiger partial charge >= 0.3 is 6.18 Å². The summed E-state index contributed by atoms with van der Waals surface area (Å²) >= 11 is 0. The van der Waals surface area contributed by atoms with Crippen LogP contribution >= 0.6 is 0 Å². The van der Waals surface area contributed by atoms with E-state index < -0.39 is 11.7 Å². The summed E-state index contributed by atoms with van der Waals surface area (Å²) in [5, 5.41) is 3.41. The van der Waals surface area contributed by atoms with Crippen LogP contribution in [-0.2, 0) is 12.7 Å². The maximum Gasteiger partial charge on any atom is 0.416 e. The number of nitrogens with one attached hydrogen (secondary N) is 1. The number of benzene rings is 2. The molecule has 2 aromatic heterocycles. The number of halogens is 3. The highest BCUT2D eigenvalue weighted by atomic mass is 19.4. The van der Waals surface area contributed by atoms with Crippen molar-refractivity contribution in [3.8, 4) is 11.3 Å². The Morgan fingerprint density at radius 3 is 2.26 bits per heavy atom. The standard InChI is InChI=1S/C32H36F3N7/c1-24-22-29(12-14-36-24)38-28-10-4-25(5-11-28)23-42(17-3-16-41-20-18-40(2)19-21-41)31-37-15-13-30(39-31)26-6-8-27(9-7-26)32(33,34)35/h4-15,22H,3,16-21,23H2,1-2H3,(H,36,38). The van der Waals surface area contributed by atoms with Gasteiger partial charge in [0.15, 0.2) is 0 Å². The molecule has 220 valence electrons. The van der Waals surface area contributed by atoms with Gasteiger partial charge in [-0.1, -0.05) is 24.3 Å². The van der Waals surface area contributed by atoms with Crippen LogP contribution in [0.3, 0.4) is 0 Å². The van der Waals surface area contributed by atoms with Crippen molar-refractivity contribution in [3.05, 3.63) is 95.9 Å². The van der Waals surface area contributed by atoms with Crippen molar-refractivity contribution in [1.29, 1.82) is 0 Å². The number of rotatable bonds is 10. The Hall–Kier alpha value is -4.02. The van der Waals surface area contributed by atoms with Crippen LogP contribution in [0.4, 0.5) is 30.5 Å². The topological polar surface area (TPSA) is 60.4 Å². The second-order valence-electron chi connectivity index (χ2n) is 10.7. The number of pyridine rings is 1. The predicted octanol–water partition coefficient (Wildman–Crippen LogP) is 6.25. The first-order chi connectivity index (χ1) is 20.2. The normalized spacial score (nSPS) is 14.6. The molecule has 0 atom stereocenters. The van der Waals surface area contributed by atoms with Crippen molar-refractivity contribution in [2.45, 2.75) is 26.1 Å². The minimum absolute atomic E-state index is 0.556. The summed E-state index contributed by atoms with van der Waals surface area (Å²) in [4.78, 5) is 20.6.